The van der Waals surface area contributed by atoms with E-state index in [1.165, 1.54) is 69.1 Å². The van der Waals surface area contributed by atoms with Gasteiger partial charge in [-0.2, -0.15) is 0 Å². The topological polar surface area (TPSA) is 41.5 Å². The Bertz CT molecular complexity index is 693. The third-order valence-electron chi connectivity index (χ3n) is 7.42. The zero-order valence-corrected chi connectivity index (χ0v) is 18.0. The minimum absolute atomic E-state index is 0.288. The molecular weight excluding hydrogens is 356 g/mol. The molecule has 0 aromatic rings. The van der Waals surface area contributed by atoms with Crippen LogP contribution in [0.15, 0.2) is 40.6 Å². The highest BCUT2D eigenvalue weighted by atomic mass is 16.1. The Balaban J connectivity index is 1.27. The van der Waals surface area contributed by atoms with Crippen LogP contribution in [0.1, 0.15) is 96.3 Å². The molecule has 3 heteroatoms. The number of rotatable bonds is 6. The van der Waals surface area contributed by atoms with Gasteiger partial charge in [0.1, 0.15) is 0 Å². The molecule has 3 aliphatic carbocycles. The molecule has 1 heterocycles. The van der Waals surface area contributed by atoms with Crippen LogP contribution in [0.25, 0.3) is 0 Å². The molecule has 4 rings (SSSR count). The van der Waals surface area contributed by atoms with Crippen molar-refractivity contribution in [2.24, 2.45) is 16.8 Å². The number of nitrogens with zero attached hydrogens (tertiary/aromatic N) is 1. The molecule has 4 aliphatic rings. The highest BCUT2D eigenvalue weighted by Gasteiger charge is 2.26. The van der Waals surface area contributed by atoms with Crippen molar-refractivity contribution in [3.8, 4) is 0 Å². The first-order valence-corrected chi connectivity index (χ1v) is 12.2. The van der Waals surface area contributed by atoms with Gasteiger partial charge in [-0.3, -0.25) is 9.79 Å². The van der Waals surface area contributed by atoms with Crippen molar-refractivity contribution in [1.82, 2.24) is 5.32 Å². The van der Waals surface area contributed by atoms with Crippen LogP contribution in [0, 0.1) is 11.8 Å². The van der Waals surface area contributed by atoms with E-state index in [0.29, 0.717) is 12.0 Å². The molecule has 3 nitrogen and oxygen atoms in total. The summed E-state index contributed by atoms with van der Waals surface area (Å²) in [6, 6.07) is 0.366. The molecule has 2 saturated carbocycles. The number of hydrogen-bond donors (Lipinski definition) is 1. The molecule has 2 atom stereocenters. The molecule has 2 unspecified atom stereocenters. The summed E-state index contributed by atoms with van der Waals surface area (Å²) < 4.78 is 0. The van der Waals surface area contributed by atoms with Crippen LogP contribution < -0.4 is 5.32 Å². The predicted molar refractivity (Wildman–Crippen MR) is 121 cm³/mol. The highest BCUT2D eigenvalue weighted by Crippen LogP contribution is 2.33. The lowest BCUT2D eigenvalue weighted by Gasteiger charge is -2.31. The van der Waals surface area contributed by atoms with E-state index in [0.717, 1.165) is 44.4 Å². The summed E-state index contributed by atoms with van der Waals surface area (Å²) in [6.07, 6.45) is 26.6. The van der Waals surface area contributed by atoms with Crippen molar-refractivity contribution in [3.63, 3.8) is 0 Å². The molecule has 1 amide bonds. The fourth-order valence-electron chi connectivity index (χ4n) is 5.79. The summed E-state index contributed by atoms with van der Waals surface area (Å²) in [5.41, 5.74) is 4.24. The molecule has 0 aromatic heterocycles. The maximum Gasteiger partial charge on any atom is 0.220 e. The Hall–Kier alpha value is -1.64. The van der Waals surface area contributed by atoms with Crippen LogP contribution in [0.2, 0.25) is 0 Å². The van der Waals surface area contributed by atoms with E-state index in [-0.39, 0.29) is 5.91 Å². The average Bonchev–Trinajstić information content (AvgIpc) is 2.96. The first-order valence-electron chi connectivity index (χ1n) is 12.2. The molecule has 1 N–H and O–H groups in total. The monoisotopic (exact) mass is 394 g/mol. The third kappa shape index (κ3) is 5.93. The largest absolute Gasteiger partial charge is 0.353 e. The van der Waals surface area contributed by atoms with E-state index in [2.05, 4.69) is 23.5 Å². The van der Waals surface area contributed by atoms with Crippen molar-refractivity contribution in [1.29, 1.82) is 0 Å². The van der Waals surface area contributed by atoms with E-state index >= 15 is 0 Å². The molecule has 0 aromatic carbocycles. The SMILES string of the molecule is O=C(CCC1CCCCC1)NC1CCCC(CC2=NC=CCC3=C2C=CCC3)C1. The number of carbonyl (C=O) groups is 1. The lowest BCUT2D eigenvalue weighted by Crippen LogP contribution is -2.39. The van der Waals surface area contributed by atoms with Crippen molar-refractivity contribution < 1.29 is 4.79 Å². The third-order valence-corrected chi connectivity index (χ3v) is 7.42. The van der Waals surface area contributed by atoms with Gasteiger partial charge in [0, 0.05) is 24.4 Å². The van der Waals surface area contributed by atoms with Gasteiger partial charge < -0.3 is 5.32 Å². The number of amides is 1. The van der Waals surface area contributed by atoms with Crippen LogP contribution in [0.5, 0.6) is 0 Å². The quantitative estimate of drug-likeness (QED) is 0.555. The van der Waals surface area contributed by atoms with Gasteiger partial charge in [-0.1, -0.05) is 62.3 Å². The Morgan fingerprint density at radius 2 is 1.90 bits per heavy atom. The van der Waals surface area contributed by atoms with Crippen molar-refractivity contribution in [2.75, 3.05) is 0 Å². The lowest BCUT2D eigenvalue weighted by atomic mass is 9.80. The molecule has 0 radical (unpaired) electrons. The van der Waals surface area contributed by atoms with Gasteiger partial charge in [0.15, 0.2) is 0 Å². The Morgan fingerprint density at radius 3 is 2.79 bits per heavy atom. The number of aliphatic imine (C=N–C) groups is 1. The van der Waals surface area contributed by atoms with Crippen molar-refractivity contribution in [3.05, 3.63) is 35.6 Å². The number of carbonyl (C=O) groups excluding carboxylic acids is 1. The zero-order valence-electron chi connectivity index (χ0n) is 18.0. The van der Waals surface area contributed by atoms with E-state index in [9.17, 15) is 4.79 Å². The Morgan fingerprint density at radius 1 is 1.03 bits per heavy atom. The average molecular weight is 395 g/mol. The van der Waals surface area contributed by atoms with Gasteiger partial charge in [-0.25, -0.2) is 0 Å². The summed E-state index contributed by atoms with van der Waals surface area (Å²) in [5, 5.41) is 3.38. The van der Waals surface area contributed by atoms with Gasteiger partial charge in [0.2, 0.25) is 5.91 Å². The van der Waals surface area contributed by atoms with Crippen LogP contribution in [0.3, 0.4) is 0 Å². The summed E-state index contributed by atoms with van der Waals surface area (Å²) in [4.78, 5) is 17.3. The summed E-state index contributed by atoms with van der Waals surface area (Å²) in [7, 11) is 0. The second-order valence-corrected chi connectivity index (χ2v) is 9.67. The van der Waals surface area contributed by atoms with E-state index in [1.807, 2.05) is 6.20 Å². The van der Waals surface area contributed by atoms with Gasteiger partial charge >= 0.3 is 0 Å². The first-order chi connectivity index (χ1) is 14.3. The van der Waals surface area contributed by atoms with Gasteiger partial charge in [0.05, 0.1) is 0 Å². The molecule has 2 fully saturated rings. The number of nitrogens with one attached hydrogen (secondary N) is 1. The number of allylic oxidation sites excluding steroid dienone is 5. The predicted octanol–water partition coefficient (Wildman–Crippen LogP) is 6.42. The smallest absolute Gasteiger partial charge is 0.220 e. The molecule has 0 saturated heterocycles. The highest BCUT2D eigenvalue weighted by molar-refractivity contribution is 6.04. The Kier molecular flexibility index (Phi) is 7.40. The first kappa shape index (κ1) is 20.6. The lowest BCUT2D eigenvalue weighted by molar-refractivity contribution is -0.122. The van der Waals surface area contributed by atoms with Gasteiger partial charge in [-0.05, 0) is 68.8 Å². The minimum atomic E-state index is 0.288. The molecule has 29 heavy (non-hydrogen) atoms. The second kappa shape index (κ2) is 10.4. The Labute approximate surface area is 176 Å². The van der Waals surface area contributed by atoms with Crippen molar-refractivity contribution >= 4 is 11.6 Å². The molecule has 158 valence electrons. The van der Waals surface area contributed by atoms with E-state index in [4.69, 9.17) is 4.99 Å². The fourth-order valence-corrected chi connectivity index (χ4v) is 5.79. The molecular formula is C26H38N2O. The summed E-state index contributed by atoms with van der Waals surface area (Å²) >= 11 is 0. The molecule has 1 aliphatic heterocycles. The summed E-state index contributed by atoms with van der Waals surface area (Å²) in [6.45, 7) is 0. The molecule has 0 spiro atoms. The fraction of sp³-hybridized carbons (Fsp3) is 0.692. The zero-order chi connectivity index (χ0) is 19.9. The maximum atomic E-state index is 12.5. The standard InChI is InChI=1S/C26H38N2O/c29-26(16-15-20-8-2-1-3-9-20)28-23-13-6-10-21(18-23)19-25-24-14-5-4-11-22(24)12-7-17-27-25/h5,7,14,17,20-21,23H,1-4,6,8-13,15-16,18-19H2,(H,28,29). The second-order valence-electron chi connectivity index (χ2n) is 9.67. The van der Waals surface area contributed by atoms with Gasteiger partial charge in [0.25, 0.3) is 0 Å². The van der Waals surface area contributed by atoms with Crippen LogP contribution in [-0.4, -0.2) is 17.7 Å². The van der Waals surface area contributed by atoms with E-state index in [1.54, 1.807) is 5.57 Å². The number of hydrogen-bond acceptors (Lipinski definition) is 2. The van der Waals surface area contributed by atoms with Crippen LogP contribution in [-0.2, 0) is 4.79 Å². The molecule has 0 bridgehead atoms. The van der Waals surface area contributed by atoms with Gasteiger partial charge in [-0.15, -0.1) is 0 Å². The minimum Gasteiger partial charge on any atom is -0.353 e. The van der Waals surface area contributed by atoms with E-state index < -0.39 is 0 Å². The maximum absolute atomic E-state index is 12.5. The van der Waals surface area contributed by atoms with Crippen LogP contribution >= 0.6 is 0 Å². The normalized spacial score (nSPS) is 27.9. The van der Waals surface area contributed by atoms with Crippen molar-refractivity contribution in [2.45, 2.75) is 102 Å². The van der Waals surface area contributed by atoms with Crippen LogP contribution in [0.4, 0.5) is 0 Å². The summed E-state index contributed by atoms with van der Waals surface area (Å²) in [5.74, 6) is 1.72.